The molecule has 0 radical (unpaired) electrons. The summed E-state index contributed by atoms with van der Waals surface area (Å²) in [5, 5.41) is 0. The predicted octanol–water partition coefficient (Wildman–Crippen LogP) is 5.23. The smallest absolute Gasteiger partial charge is 0.272 e. The van der Waals surface area contributed by atoms with Crippen LogP contribution in [0.3, 0.4) is 0 Å². The first-order valence-corrected chi connectivity index (χ1v) is 11.1. The molecule has 0 bridgehead atoms. The Morgan fingerprint density at radius 2 is 1.50 bits per heavy atom. The lowest BCUT2D eigenvalue weighted by Gasteiger charge is -2.17. The lowest BCUT2D eigenvalue weighted by molar-refractivity contribution is -0.119. The van der Waals surface area contributed by atoms with Gasteiger partial charge in [0, 0.05) is 5.75 Å². The van der Waals surface area contributed by atoms with Crippen LogP contribution in [0.4, 0.5) is 5.69 Å². The molecule has 0 fully saturated rings. The second kappa shape index (κ2) is 9.32. The molecule has 0 atom stereocenters. The number of nitrogens with zero attached hydrogens (tertiary/aromatic N) is 1. The van der Waals surface area contributed by atoms with Crippen LogP contribution in [-0.2, 0) is 15.3 Å². The van der Waals surface area contributed by atoms with Gasteiger partial charge in [-0.05, 0) is 41.8 Å². The first-order valence-electron chi connectivity index (χ1n) is 10.1. The van der Waals surface area contributed by atoms with Gasteiger partial charge in [-0.2, -0.15) is 0 Å². The third kappa shape index (κ3) is 4.01. The number of methoxy groups -OCH3 is 2. The van der Waals surface area contributed by atoms with E-state index in [0.29, 0.717) is 39.0 Å². The number of para-hydroxylation sites is 1. The molecule has 0 saturated heterocycles. The van der Waals surface area contributed by atoms with Crippen LogP contribution in [0.5, 0.6) is 11.5 Å². The predicted molar refractivity (Wildman–Crippen MR) is 128 cm³/mol. The number of carbonyl (C=O) groups is 2. The Bertz CT molecular complexity index is 1200. The van der Waals surface area contributed by atoms with Gasteiger partial charge >= 0.3 is 0 Å². The number of carbonyl (C=O) groups excluding carboxylic acids is 2. The van der Waals surface area contributed by atoms with Crippen molar-refractivity contribution in [3.05, 3.63) is 94.4 Å². The molecule has 162 valence electrons. The molecular formula is C26H23NO4S. The molecule has 0 aliphatic carbocycles. The Kier molecular flexibility index (Phi) is 6.32. The second-order valence-electron chi connectivity index (χ2n) is 7.28. The third-order valence-electron chi connectivity index (χ3n) is 5.30. The summed E-state index contributed by atoms with van der Waals surface area (Å²) in [4.78, 5) is 28.8. The second-order valence-corrected chi connectivity index (χ2v) is 8.27. The zero-order valence-corrected chi connectivity index (χ0v) is 18.9. The highest BCUT2D eigenvalue weighted by molar-refractivity contribution is 8.03. The first-order chi connectivity index (χ1) is 15.5. The number of imide groups is 1. The summed E-state index contributed by atoms with van der Waals surface area (Å²) in [5.74, 6) is 0.984. The molecule has 1 aliphatic heterocycles. The van der Waals surface area contributed by atoms with Crippen molar-refractivity contribution in [3.63, 3.8) is 0 Å². The maximum atomic E-state index is 13.6. The molecule has 5 nitrogen and oxygen atoms in total. The van der Waals surface area contributed by atoms with Crippen LogP contribution in [0.25, 0.3) is 5.57 Å². The van der Waals surface area contributed by atoms with E-state index in [4.69, 9.17) is 9.47 Å². The van der Waals surface area contributed by atoms with Gasteiger partial charge in [-0.25, -0.2) is 4.90 Å². The summed E-state index contributed by atoms with van der Waals surface area (Å²) in [6.07, 6.45) is 0. The topological polar surface area (TPSA) is 55.8 Å². The van der Waals surface area contributed by atoms with E-state index in [0.717, 1.165) is 11.1 Å². The van der Waals surface area contributed by atoms with Crippen LogP contribution in [0.1, 0.15) is 16.7 Å². The summed E-state index contributed by atoms with van der Waals surface area (Å²) < 4.78 is 10.8. The molecule has 32 heavy (non-hydrogen) atoms. The highest BCUT2D eigenvalue weighted by Crippen LogP contribution is 2.42. The fraction of sp³-hybridized carbons (Fsp3) is 0.154. The number of benzene rings is 3. The molecule has 0 saturated carbocycles. The number of hydrogen-bond acceptors (Lipinski definition) is 5. The number of anilines is 1. The lowest BCUT2D eigenvalue weighted by atomic mass is 10.1. The largest absolute Gasteiger partial charge is 0.493 e. The lowest BCUT2D eigenvalue weighted by Crippen LogP contribution is -2.31. The Balaban J connectivity index is 1.80. The summed E-state index contributed by atoms with van der Waals surface area (Å²) in [6, 6.07) is 22.5. The fourth-order valence-corrected chi connectivity index (χ4v) is 4.72. The van der Waals surface area contributed by atoms with Crippen molar-refractivity contribution < 1.29 is 19.1 Å². The van der Waals surface area contributed by atoms with E-state index in [1.807, 2.05) is 55.5 Å². The fourth-order valence-electron chi connectivity index (χ4n) is 3.65. The van der Waals surface area contributed by atoms with Gasteiger partial charge in [0.25, 0.3) is 11.8 Å². The van der Waals surface area contributed by atoms with Gasteiger partial charge < -0.3 is 9.47 Å². The minimum absolute atomic E-state index is 0.310. The quantitative estimate of drug-likeness (QED) is 0.466. The van der Waals surface area contributed by atoms with E-state index >= 15 is 0 Å². The van der Waals surface area contributed by atoms with E-state index in [-0.39, 0.29) is 11.8 Å². The maximum Gasteiger partial charge on any atom is 0.272 e. The van der Waals surface area contributed by atoms with Crippen molar-refractivity contribution in [1.82, 2.24) is 0 Å². The van der Waals surface area contributed by atoms with E-state index in [2.05, 4.69) is 0 Å². The molecule has 4 rings (SSSR count). The molecular weight excluding hydrogens is 422 g/mol. The average Bonchev–Trinajstić information content (AvgIpc) is 3.07. The van der Waals surface area contributed by atoms with Gasteiger partial charge in [-0.1, -0.05) is 54.6 Å². The molecule has 3 aromatic carbocycles. The summed E-state index contributed by atoms with van der Waals surface area (Å²) in [5.41, 5.74) is 3.52. The zero-order valence-electron chi connectivity index (χ0n) is 18.1. The summed E-state index contributed by atoms with van der Waals surface area (Å²) >= 11 is 1.38. The Labute approximate surface area is 191 Å². The van der Waals surface area contributed by atoms with Gasteiger partial charge in [0.1, 0.15) is 0 Å². The molecule has 0 aromatic heterocycles. The first kappa shape index (κ1) is 21.7. The maximum absolute atomic E-state index is 13.6. The number of amides is 2. The van der Waals surface area contributed by atoms with E-state index < -0.39 is 0 Å². The van der Waals surface area contributed by atoms with Gasteiger partial charge in [0.2, 0.25) is 0 Å². The van der Waals surface area contributed by atoms with Crippen LogP contribution in [0, 0.1) is 6.92 Å². The van der Waals surface area contributed by atoms with Crippen molar-refractivity contribution in [2.75, 3.05) is 19.1 Å². The Morgan fingerprint density at radius 3 is 2.19 bits per heavy atom. The molecule has 6 heteroatoms. The number of thioether (sulfide) groups is 1. The van der Waals surface area contributed by atoms with Gasteiger partial charge in [-0.3, -0.25) is 9.59 Å². The van der Waals surface area contributed by atoms with Crippen molar-refractivity contribution in [3.8, 4) is 11.5 Å². The average molecular weight is 446 g/mol. The SMILES string of the molecule is COc1ccc(C2=C(SCc3ccccc3)C(=O)N(c3ccccc3C)C2=O)cc1OC. The monoisotopic (exact) mass is 445 g/mol. The normalized spacial score (nSPS) is 13.7. The summed E-state index contributed by atoms with van der Waals surface area (Å²) in [7, 11) is 3.10. The highest BCUT2D eigenvalue weighted by atomic mass is 32.2. The minimum Gasteiger partial charge on any atom is -0.493 e. The van der Waals surface area contributed by atoms with Gasteiger partial charge in [0.05, 0.1) is 30.4 Å². The van der Waals surface area contributed by atoms with Crippen LogP contribution >= 0.6 is 11.8 Å². The molecule has 1 heterocycles. The van der Waals surface area contributed by atoms with Crippen LogP contribution in [0.2, 0.25) is 0 Å². The van der Waals surface area contributed by atoms with E-state index in [9.17, 15) is 9.59 Å². The van der Waals surface area contributed by atoms with Crippen molar-refractivity contribution >= 4 is 34.8 Å². The Morgan fingerprint density at radius 1 is 0.812 bits per heavy atom. The van der Waals surface area contributed by atoms with E-state index in [1.165, 1.54) is 16.7 Å². The standard InChI is InChI=1S/C26H23NO4S/c1-17-9-7-8-12-20(17)27-25(28)23(19-13-14-21(30-2)22(15-19)31-3)24(26(27)29)32-16-18-10-5-4-6-11-18/h4-15H,16H2,1-3H3. The molecule has 2 amide bonds. The van der Waals surface area contributed by atoms with Crippen molar-refractivity contribution in [2.45, 2.75) is 12.7 Å². The van der Waals surface area contributed by atoms with Gasteiger partial charge in [0.15, 0.2) is 11.5 Å². The number of rotatable bonds is 7. The van der Waals surface area contributed by atoms with Crippen molar-refractivity contribution in [2.24, 2.45) is 0 Å². The van der Waals surface area contributed by atoms with Crippen LogP contribution < -0.4 is 14.4 Å². The molecule has 0 N–H and O–H groups in total. The highest BCUT2D eigenvalue weighted by Gasteiger charge is 2.40. The Hall–Kier alpha value is -3.51. The molecule has 0 spiro atoms. The molecule has 0 unspecified atom stereocenters. The molecule has 3 aromatic rings. The number of hydrogen-bond donors (Lipinski definition) is 0. The minimum atomic E-state index is -0.341. The third-order valence-corrected chi connectivity index (χ3v) is 6.44. The van der Waals surface area contributed by atoms with Crippen molar-refractivity contribution in [1.29, 1.82) is 0 Å². The zero-order chi connectivity index (χ0) is 22.7. The number of aryl methyl sites for hydroxylation is 1. The molecule has 1 aliphatic rings. The van der Waals surface area contributed by atoms with E-state index in [1.54, 1.807) is 38.5 Å². The van der Waals surface area contributed by atoms with Gasteiger partial charge in [-0.15, -0.1) is 11.8 Å². The van der Waals surface area contributed by atoms with Crippen LogP contribution in [-0.4, -0.2) is 26.0 Å². The number of ether oxygens (including phenoxy) is 2. The summed E-state index contributed by atoms with van der Waals surface area (Å²) in [6.45, 7) is 1.89. The van der Waals surface area contributed by atoms with Crippen LogP contribution in [0.15, 0.2) is 77.7 Å².